The number of aliphatic carboxylic acids is 1. The summed E-state index contributed by atoms with van der Waals surface area (Å²) in [7, 11) is 0. The maximum absolute atomic E-state index is 12.5. The molecule has 3 rings (SSSR count). The van der Waals surface area contributed by atoms with Crippen LogP contribution in [0.25, 0.3) is 0 Å². The average molecular weight is 306 g/mol. The molecule has 1 atom stereocenters. The van der Waals surface area contributed by atoms with E-state index < -0.39 is 23.5 Å². The summed E-state index contributed by atoms with van der Waals surface area (Å²) in [6.07, 6.45) is 2.74. The van der Waals surface area contributed by atoms with E-state index in [4.69, 9.17) is 9.84 Å². The first-order valence-electron chi connectivity index (χ1n) is 7.45. The Labute approximate surface area is 126 Å². The number of pyridine rings is 1. The molecule has 0 aromatic carbocycles. The van der Waals surface area contributed by atoms with Crippen molar-refractivity contribution >= 4 is 11.9 Å². The molecule has 1 aromatic heterocycles. The summed E-state index contributed by atoms with van der Waals surface area (Å²) in [5.74, 6) is -1.53. The number of nitrogens with one attached hydrogen (secondary N) is 1. The van der Waals surface area contributed by atoms with Gasteiger partial charge in [0.1, 0.15) is 5.56 Å². The zero-order chi connectivity index (χ0) is 15.7. The van der Waals surface area contributed by atoms with Crippen LogP contribution in [0.15, 0.2) is 10.9 Å². The number of amides is 1. The Kier molecular flexibility index (Phi) is 3.98. The molecule has 2 aliphatic rings. The highest BCUT2D eigenvalue weighted by atomic mass is 16.5. The smallest absolute Gasteiger partial charge is 0.334 e. The van der Waals surface area contributed by atoms with Crippen LogP contribution in [-0.2, 0) is 22.4 Å². The van der Waals surface area contributed by atoms with Crippen molar-refractivity contribution in [3.05, 3.63) is 33.2 Å². The van der Waals surface area contributed by atoms with Crippen LogP contribution in [0.4, 0.5) is 0 Å². The number of morpholine rings is 1. The molecular weight excluding hydrogens is 288 g/mol. The number of aromatic amines is 1. The molecule has 2 N–H and O–H groups in total. The van der Waals surface area contributed by atoms with E-state index in [-0.39, 0.29) is 18.7 Å². The molecule has 1 saturated heterocycles. The number of hydrogen-bond acceptors (Lipinski definition) is 4. The second-order valence-corrected chi connectivity index (χ2v) is 5.67. The Morgan fingerprint density at radius 1 is 1.32 bits per heavy atom. The molecule has 0 bridgehead atoms. The zero-order valence-electron chi connectivity index (χ0n) is 12.1. The van der Waals surface area contributed by atoms with Gasteiger partial charge in [-0.05, 0) is 37.3 Å². The van der Waals surface area contributed by atoms with Crippen molar-refractivity contribution in [2.75, 3.05) is 19.7 Å². The number of carbonyl (C=O) groups excluding carboxylic acids is 1. The molecule has 0 radical (unpaired) electrons. The molecule has 1 fully saturated rings. The normalized spacial score (nSPS) is 21.3. The predicted octanol–water partition coefficient (Wildman–Crippen LogP) is 0.179. The van der Waals surface area contributed by atoms with Crippen molar-refractivity contribution in [1.82, 2.24) is 9.88 Å². The third-order valence-electron chi connectivity index (χ3n) is 4.20. The van der Waals surface area contributed by atoms with Crippen molar-refractivity contribution in [1.29, 1.82) is 0 Å². The van der Waals surface area contributed by atoms with Gasteiger partial charge in [-0.15, -0.1) is 0 Å². The largest absolute Gasteiger partial charge is 0.479 e. The van der Waals surface area contributed by atoms with Crippen LogP contribution < -0.4 is 5.56 Å². The SMILES string of the molecule is O=C(O)C1CN(C(=O)c2cc3c([nH]c2=O)CCCC3)CCO1. The van der Waals surface area contributed by atoms with Crippen LogP contribution in [0.3, 0.4) is 0 Å². The van der Waals surface area contributed by atoms with Crippen molar-refractivity contribution in [2.24, 2.45) is 0 Å². The fourth-order valence-corrected chi connectivity index (χ4v) is 2.99. The first-order valence-corrected chi connectivity index (χ1v) is 7.45. The van der Waals surface area contributed by atoms with E-state index in [1.165, 1.54) is 4.90 Å². The summed E-state index contributed by atoms with van der Waals surface area (Å²) in [6.45, 7) is 0.412. The summed E-state index contributed by atoms with van der Waals surface area (Å²) in [4.78, 5) is 39.8. The summed E-state index contributed by atoms with van der Waals surface area (Å²) < 4.78 is 5.10. The standard InChI is InChI=1S/C15H18N2O5/c18-13-10(7-9-3-1-2-4-11(9)16-13)14(19)17-5-6-22-12(8-17)15(20)21/h7,12H,1-6,8H2,(H,16,18)(H,20,21). The lowest BCUT2D eigenvalue weighted by Gasteiger charge is -2.31. The molecule has 0 spiro atoms. The Morgan fingerprint density at radius 3 is 2.86 bits per heavy atom. The van der Waals surface area contributed by atoms with Crippen molar-refractivity contribution in [3.8, 4) is 0 Å². The van der Waals surface area contributed by atoms with Crippen LogP contribution in [0.5, 0.6) is 0 Å². The maximum atomic E-state index is 12.5. The molecule has 2 heterocycles. The lowest BCUT2D eigenvalue weighted by atomic mass is 9.95. The lowest BCUT2D eigenvalue weighted by molar-refractivity contribution is -0.154. The van der Waals surface area contributed by atoms with Crippen LogP contribution in [0.1, 0.15) is 34.5 Å². The van der Waals surface area contributed by atoms with Crippen LogP contribution in [0, 0.1) is 0 Å². The number of hydrogen-bond donors (Lipinski definition) is 2. The lowest BCUT2D eigenvalue weighted by Crippen LogP contribution is -2.49. The van der Waals surface area contributed by atoms with Gasteiger partial charge in [0.25, 0.3) is 11.5 Å². The number of rotatable bonds is 2. The Balaban J connectivity index is 1.85. The molecule has 1 unspecified atom stereocenters. The Hall–Kier alpha value is -2.15. The van der Waals surface area contributed by atoms with E-state index in [1.54, 1.807) is 6.07 Å². The Bertz CT molecular complexity index is 666. The topological polar surface area (TPSA) is 99.7 Å². The zero-order valence-corrected chi connectivity index (χ0v) is 12.1. The number of nitrogens with zero attached hydrogens (tertiary/aromatic N) is 1. The Morgan fingerprint density at radius 2 is 2.09 bits per heavy atom. The minimum Gasteiger partial charge on any atom is -0.479 e. The monoisotopic (exact) mass is 306 g/mol. The number of ether oxygens (including phenoxy) is 1. The number of fused-ring (bicyclic) bond motifs is 1. The average Bonchev–Trinajstić information content (AvgIpc) is 2.53. The van der Waals surface area contributed by atoms with E-state index in [1.807, 2.05) is 0 Å². The third-order valence-corrected chi connectivity index (χ3v) is 4.20. The quantitative estimate of drug-likeness (QED) is 0.812. The number of carbonyl (C=O) groups is 2. The van der Waals surface area contributed by atoms with Gasteiger partial charge in [-0.2, -0.15) is 0 Å². The van der Waals surface area contributed by atoms with E-state index in [0.29, 0.717) is 6.54 Å². The van der Waals surface area contributed by atoms with Gasteiger partial charge in [0.2, 0.25) is 0 Å². The highest BCUT2D eigenvalue weighted by Crippen LogP contribution is 2.19. The van der Waals surface area contributed by atoms with Crippen LogP contribution >= 0.6 is 0 Å². The van der Waals surface area contributed by atoms with Gasteiger partial charge in [0.05, 0.1) is 13.2 Å². The first-order chi connectivity index (χ1) is 10.6. The minimum absolute atomic E-state index is 0.0370. The summed E-state index contributed by atoms with van der Waals surface area (Å²) >= 11 is 0. The first kappa shape index (κ1) is 14.8. The molecule has 22 heavy (non-hydrogen) atoms. The van der Waals surface area contributed by atoms with Gasteiger partial charge < -0.3 is 19.7 Å². The predicted molar refractivity (Wildman–Crippen MR) is 77.0 cm³/mol. The number of aromatic nitrogens is 1. The fourth-order valence-electron chi connectivity index (χ4n) is 2.99. The molecule has 118 valence electrons. The molecule has 0 saturated carbocycles. The molecule has 1 aliphatic heterocycles. The number of carboxylic acids is 1. The van der Waals surface area contributed by atoms with Gasteiger partial charge in [0, 0.05) is 12.2 Å². The molecule has 7 nitrogen and oxygen atoms in total. The van der Waals surface area contributed by atoms with Crippen LogP contribution in [0.2, 0.25) is 0 Å². The number of H-pyrrole nitrogens is 1. The molecule has 1 amide bonds. The second-order valence-electron chi connectivity index (χ2n) is 5.67. The minimum atomic E-state index is -1.10. The second kappa shape index (κ2) is 5.92. The summed E-state index contributed by atoms with van der Waals surface area (Å²) in [5.41, 5.74) is 1.62. The number of aryl methyl sites for hydroxylation is 2. The fraction of sp³-hybridized carbons (Fsp3) is 0.533. The summed E-state index contributed by atoms with van der Waals surface area (Å²) in [6, 6.07) is 1.67. The van der Waals surface area contributed by atoms with Gasteiger partial charge >= 0.3 is 5.97 Å². The molecular formula is C15H18N2O5. The highest BCUT2D eigenvalue weighted by molar-refractivity contribution is 5.94. The highest BCUT2D eigenvalue weighted by Gasteiger charge is 2.30. The van der Waals surface area contributed by atoms with Gasteiger partial charge in [-0.25, -0.2) is 4.79 Å². The van der Waals surface area contributed by atoms with E-state index >= 15 is 0 Å². The van der Waals surface area contributed by atoms with E-state index in [9.17, 15) is 14.4 Å². The van der Waals surface area contributed by atoms with Crippen molar-refractivity contribution < 1.29 is 19.4 Å². The van der Waals surface area contributed by atoms with Gasteiger partial charge in [-0.3, -0.25) is 9.59 Å². The molecule has 1 aromatic rings. The number of carboxylic acid groups (broad SMARTS) is 1. The summed E-state index contributed by atoms with van der Waals surface area (Å²) in [5, 5.41) is 8.99. The van der Waals surface area contributed by atoms with Gasteiger partial charge in [0.15, 0.2) is 6.10 Å². The molecule has 1 aliphatic carbocycles. The van der Waals surface area contributed by atoms with E-state index in [2.05, 4.69) is 4.98 Å². The molecule has 7 heteroatoms. The maximum Gasteiger partial charge on any atom is 0.334 e. The van der Waals surface area contributed by atoms with Gasteiger partial charge in [-0.1, -0.05) is 0 Å². The van der Waals surface area contributed by atoms with Crippen molar-refractivity contribution in [2.45, 2.75) is 31.8 Å². The van der Waals surface area contributed by atoms with Crippen molar-refractivity contribution in [3.63, 3.8) is 0 Å². The van der Waals surface area contributed by atoms with E-state index in [0.717, 1.165) is 36.9 Å². The van der Waals surface area contributed by atoms with Crippen LogP contribution in [-0.4, -0.2) is 52.7 Å². The third kappa shape index (κ3) is 2.76.